The predicted molar refractivity (Wildman–Crippen MR) is 92.8 cm³/mol. The zero-order valence-electron chi connectivity index (χ0n) is 14.7. The van der Waals surface area contributed by atoms with Crippen LogP contribution in [0.25, 0.3) is 0 Å². The number of carbonyl (C=O) groups is 1. The van der Waals surface area contributed by atoms with Gasteiger partial charge in [0.25, 0.3) is 5.91 Å². The fourth-order valence-electron chi connectivity index (χ4n) is 4.05. The summed E-state index contributed by atoms with van der Waals surface area (Å²) in [5, 5.41) is 0. The van der Waals surface area contributed by atoms with Crippen molar-refractivity contribution >= 4 is 5.91 Å². The highest BCUT2D eigenvalue weighted by Gasteiger charge is 2.46. The molecule has 0 unspecified atom stereocenters. The van der Waals surface area contributed by atoms with Crippen LogP contribution in [0.4, 0.5) is 0 Å². The molecule has 1 atom stereocenters. The Labute approximate surface area is 152 Å². The molecule has 0 bridgehead atoms. The van der Waals surface area contributed by atoms with E-state index in [1.165, 1.54) is 12.7 Å². The standard InChI is InChI=1S/C19H23N3O4/c23-18(16-13-24-14-21-16)22-9-6-19(7-10-22)15(5-12-26-19)4-11-25-17-3-1-2-8-20-17/h1-3,8,13-15H,4-7,9-12H2/t15-/m1/s1. The molecular weight excluding hydrogens is 334 g/mol. The van der Waals surface area contributed by atoms with Crippen molar-refractivity contribution < 1.29 is 18.7 Å². The van der Waals surface area contributed by atoms with Crippen molar-refractivity contribution in [1.82, 2.24) is 14.9 Å². The lowest BCUT2D eigenvalue weighted by atomic mass is 9.78. The lowest BCUT2D eigenvalue weighted by Crippen LogP contribution is -2.49. The van der Waals surface area contributed by atoms with Crippen LogP contribution in [0.1, 0.15) is 36.2 Å². The molecule has 2 aliphatic rings. The van der Waals surface area contributed by atoms with Gasteiger partial charge in [-0.3, -0.25) is 4.79 Å². The minimum Gasteiger partial charge on any atom is -0.478 e. The zero-order valence-corrected chi connectivity index (χ0v) is 14.7. The van der Waals surface area contributed by atoms with Crippen LogP contribution < -0.4 is 4.74 Å². The molecule has 0 N–H and O–H groups in total. The molecule has 4 heterocycles. The Kier molecular flexibility index (Phi) is 4.88. The van der Waals surface area contributed by atoms with Crippen LogP contribution in [-0.2, 0) is 4.74 Å². The lowest BCUT2D eigenvalue weighted by Gasteiger charge is -2.42. The second-order valence-corrected chi connectivity index (χ2v) is 6.87. The summed E-state index contributed by atoms with van der Waals surface area (Å²) in [7, 11) is 0. The van der Waals surface area contributed by atoms with Crippen LogP contribution in [0.3, 0.4) is 0 Å². The average Bonchev–Trinajstić information content (AvgIpc) is 3.34. The Morgan fingerprint density at radius 1 is 1.31 bits per heavy atom. The average molecular weight is 357 g/mol. The number of ether oxygens (including phenoxy) is 2. The van der Waals surface area contributed by atoms with Gasteiger partial charge in [-0.25, -0.2) is 9.97 Å². The van der Waals surface area contributed by atoms with Gasteiger partial charge in [-0.05, 0) is 37.7 Å². The molecular formula is C19H23N3O4. The summed E-state index contributed by atoms with van der Waals surface area (Å²) in [6.07, 6.45) is 8.11. The van der Waals surface area contributed by atoms with E-state index in [9.17, 15) is 4.79 Å². The van der Waals surface area contributed by atoms with Crippen LogP contribution in [-0.4, -0.2) is 52.7 Å². The molecule has 0 radical (unpaired) electrons. The molecule has 7 nitrogen and oxygen atoms in total. The first-order valence-electron chi connectivity index (χ1n) is 9.12. The Hall–Kier alpha value is -2.41. The molecule has 26 heavy (non-hydrogen) atoms. The van der Waals surface area contributed by atoms with Crippen LogP contribution in [0.5, 0.6) is 5.88 Å². The van der Waals surface area contributed by atoms with Gasteiger partial charge in [-0.15, -0.1) is 0 Å². The molecule has 4 rings (SSSR count). The number of oxazole rings is 1. The highest BCUT2D eigenvalue weighted by molar-refractivity contribution is 5.91. The van der Waals surface area contributed by atoms with Crippen LogP contribution in [0, 0.1) is 5.92 Å². The Morgan fingerprint density at radius 2 is 2.19 bits per heavy atom. The van der Waals surface area contributed by atoms with Crippen molar-refractivity contribution in [3.63, 3.8) is 0 Å². The number of rotatable bonds is 5. The number of pyridine rings is 1. The van der Waals surface area contributed by atoms with E-state index in [1.807, 2.05) is 23.1 Å². The van der Waals surface area contributed by atoms with Crippen molar-refractivity contribution in [3.8, 4) is 5.88 Å². The second-order valence-electron chi connectivity index (χ2n) is 6.87. The van der Waals surface area contributed by atoms with Crippen molar-refractivity contribution in [2.75, 3.05) is 26.3 Å². The number of amides is 1. The van der Waals surface area contributed by atoms with Gasteiger partial charge in [0, 0.05) is 32.0 Å². The van der Waals surface area contributed by atoms with Crippen LogP contribution in [0.2, 0.25) is 0 Å². The summed E-state index contributed by atoms with van der Waals surface area (Å²) >= 11 is 0. The number of nitrogens with zero attached hydrogens (tertiary/aromatic N) is 3. The maximum Gasteiger partial charge on any atom is 0.275 e. The van der Waals surface area contributed by atoms with Gasteiger partial charge >= 0.3 is 0 Å². The largest absolute Gasteiger partial charge is 0.478 e. The molecule has 2 aromatic heterocycles. The molecule has 2 aliphatic heterocycles. The molecule has 1 amide bonds. The van der Waals surface area contributed by atoms with Gasteiger partial charge in [-0.1, -0.05) is 6.07 Å². The van der Waals surface area contributed by atoms with Gasteiger partial charge in [-0.2, -0.15) is 0 Å². The molecule has 1 spiro atoms. The fourth-order valence-corrected chi connectivity index (χ4v) is 4.05. The van der Waals surface area contributed by atoms with Crippen molar-refractivity contribution in [2.45, 2.75) is 31.3 Å². The Balaban J connectivity index is 1.31. The van der Waals surface area contributed by atoms with Crippen molar-refractivity contribution in [2.24, 2.45) is 5.92 Å². The van der Waals surface area contributed by atoms with E-state index in [-0.39, 0.29) is 11.5 Å². The van der Waals surface area contributed by atoms with E-state index in [0.717, 1.165) is 32.3 Å². The highest BCUT2D eigenvalue weighted by Crippen LogP contribution is 2.42. The summed E-state index contributed by atoms with van der Waals surface area (Å²) in [4.78, 5) is 22.4. The lowest BCUT2D eigenvalue weighted by molar-refractivity contribution is -0.0649. The SMILES string of the molecule is O=C(c1cocn1)N1CCC2(CC1)OCC[C@H]2CCOc1ccccn1. The van der Waals surface area contributed by atoms with Gasteiger partial charge in [0.05, 0.1) is 12.2 Å². The number of piperidine rings is 1. The Morgan fingerprint density at radius 3 is 2.92 bits per heavy atom. The van der Waals surface area contributed by atoms with Gasteiger partial charge in [0.1, 0.15) is 6.26 Å². The van der Waals surface area contributed by atoms with Gasteiger partial charge in [0.15, 0.2) is 12.1 Å². The summed E-state index contributed by atoms with van der Waals surface area (Å²) in [5.41, 5.74) is 0.238. The van der Waals surface area contributed by atoms with Crippen LogP contribution in [0.15, 0.2) is 41.5 Å². The fraction of sp³-hybridized carbons (Fsp3) is 0.526. The van der Waals surface area contributed by atoms with Crippen LogP contribution >= 0.6 is 0 Å². The third-order valence-electron chi connectivity index (χ3n) is 5.50. The topological polar surface area (TPSA) is 77.7 Å². The molecule has 2 fully saturated rings. The maximum atomic E-state index is 12.4. The second kappa shape index (κ2) is 7.45. The predicted octanol–water partition coefficient (Wildman–Crippen LogP) is 2.55. The van der Waals surface area contributed by atoms with Crippen molar-refractivity contribution in [3.05, 3.63) is 42.7 Å². The molecule has 0 saturated carbocycles. The molecule has 0 aromatic carbocycles. The van der Waals surface area contributed by atoms with E-state index in [2.05, 4.69) is 9.97 Å². The third kappa shape index (κ3) is 3.44. The first-order valence-corrected chi connectivity index (χ1v) is 9.12. The number of hydrogen-bond acceptors (Lipinski definition) is 6. The molecule has 7 heteroatoms. The number of aromatic nitrogens is 2. The Bertz CT molecular complexity index is 712. The van der Waals surface area contributed by atoms with Crippen molar-refractivity contribution in [1.29, 1.82) is 0 Å². The quantitative estimate of drug-likeness (QED) is 0.818. The van der Waals surface area contributed by atoms with E-state index in [4.69, 9.17) is 13.9 Å². The zero-order chi connectivity index (χ0) is 17.8. The molecule has 2 saturated heterocycles. The first-order chi connectivity index (χ1) is 12.8. The maximum absolute atomic E-state index is 12.4. The normalized spacial score (nSPS) is 21.8. The minimum absolute atomic E-state index is 0.0679. The molecule has 2 aromatic rings. The summed E-state index contributed by atoms with van der Waals surface area (Å²) < 4.78 is 16.8. The van der Waals surface area contributed by atoms with Gasteiger partial charge in [0.2, 0.25) is 5.88 Å². The minimum atomic E-state index is -0.131. The van der Waals surface area contributed by atoms with E-state index >= 15 is 0 Å². The van der Waals surface area contributed by atoms with E-state index < -0.39 is 0 Å². The monoisotopic (exact) mass is 357 g/mol. The number of carbonyl (C=O) groups excluding carboxylic acids is 1. The molecule has 0 aliphatic carbocycles. The number of likely N-dealkylation sites (tertiary alicyclic amines) is 1. The van der Waals surface area contributed by atoms with Gasteiger partial charge < -0.3 is 18.8 Å². The first kappa shape index (κ1) is 17.0. The molecule has 138 valence electrons. The summed E-state index contributed by atoms with van der Waals surface area (Å²) in [5.74, 6) is 1.05. The van der Waals surface area contributed by atoms with E-state index in [1.54, 1.807) is 6.20 Å². The van der Waals surface area contributed by atoms with E-state index in [0.29, 0.717) is 37.2 Å². The number of hydrogen-bond donors (Lipinski definition) is 0. The summed E-state index contributed by atoms with van der Waals surface area (Å²) in [6, 6.07) is 5.67. The third-order valence-corrected chi connectivity index (χ3v) is 5.50. The smallest absolute Gasteiger partial charge is 0.275 e. The highest BCUT2D eigenvalue weighted by atomic mass is 16.5. The summed E-state index contributed by atoms with van der Waals surface area (Å²) in [6.45, 7) is 2.78.